The van der Waals surface area contributed by atoms with Crippen LogP contribution in [0.25, 0.3) is 0 Å². The van der Waals surface area contributed by atoms with Gasteiger partial charge in [0.2, 0.25) is 6.79 Å². The van der Waals surface area contributed by atoms with Gasteiger partial charge >= 0.3 is 0 Å². The van der Waals surface area contributed by atoms with Gasteiger partial charge in [0.05, 0.1) is 7.11 Å². The summed E-state index contributed by atoms with van der Waals surface area (Å²) < 4.78 is 16.1. The summed E-state index contributed by atoms with van der Waals surface area (Å²) in [4.78, 5) is 9.15. The van der Waals surface area contributed by atoms with Gasteiger partial charge in [0.1, 0.15) is 5.75 Å². The van der Waals surface area contributed by atoms with Crippen LogP contribution in [-0.2, 0) is 6.54 Å². The molecule has 2 aliphatic heterocycles. The maximum atomic E-state index is 5.45. The molecule has 2 heterocycles. The van der Waals surface area contributed by atoms with Gasteiger partial charge in [0, 0.05) is 45.5 Å². The summed E-state index contributed by atoms with van der Waals surface area (Å²) in [5.74, 6) is 3.42. The number of nitrogens with one attached hydrogen (secondary N) is 1. The van der Waals surface area contributed by atoms with E-state index in [0.29, 0.717) is 13.3 Å². The molecule has 0 saturated carbocycles. The molecule has 1 fully saturated rings. The Hall–Kier alpha value is -2.36. The lowest BCUT2D eigenvalue weighted by atomic mass is 10.2. The van der Waals surface area contributed by atoms with Crippen molar-refractivity contribution in [3.05, 3.63) is 48.0 Å². The standard InChI is InChI=1S/C21H26N4O3.HI/c1-22-21(23-14-16-3-8-19-20(13-16)28-15-27-19)25-11-9-24(10-12-25)17-4-6-18(26-2)7-5-17;/h3-8,13H,9-12,14-15H2,1-2H3,(H,22,23);1H. The average molecular weight is 510 g/mol. The molecule has 0 bridgehead atoms. The van der Waals surface area contributed by atoms with Crippen LogP contribution in [0.4, 0.5) is 5.69 Å². The minimum Gasteiger partial charge on any atom is -0.497 e. The van der Waals surface area contributed by atoms with Gasteiger partial charge in [-0.15, -0.1) is 24.0 Å². The molecule has 0 atom stereocenters. The van der Waals surface area contributed by atoms with Crippen LogP contribution in [0.3, 0.4) is 0 Å². The summed E-state index contributed by atoms with van der Waals surface area (Å²) >= 11 is 0. The smallest absolute Gasteiger partial charge is 0.231 e. The fourth-order valence-corrected chi connectivity index (χ4v) is 3.53. The highest BCUT2D eigenvalue weighted by atomic mass is 127. The molecule has 29 heavy (non-hydrogen) atoms. The van der Waals surface area contributed by atoms with Gasteiger partial charge in [0.15, 0.2) is 17.5 Å². The number of ether oxygens (including phenoxy) is 3. The third kappa shape index (κ3) is 4.98. The second-order valence-corrected chi connectivity index (χ2v) is 6.76. The maximum Gasteiger partial charge on any atom is 0.231 e. The van der Waals surface area contributed by atoms with Crippen molar-refractivity contribution < 1.29 is 14.2 Å². The van der Waals surface area contributed by atoms with Crippen LogP contribution in [0.2, 0.25) is 0 Å². The monoisotopic (exact) mass is 510 g/mol. The van der Waals surface area contributed by atoms with Gasteiger partial charge < -0.3 is 29.3 Å². The molecule has 1 N–H and O–H groups in total. The number of methoxy groups -OCH3 is 1. The zero-order chi connectivity index (χ0) is 19.3. The number of hydrogen-bond acceptors (Lipinski definition) is 5. The predicted molar refractivity (Wildman–Crippen MR) is 125 cm³/mol. The number of rotatable bonds is 4. The lowest BCUT2D eigenvalue weighted by Crippen LogP contribution is -2.52. The third-order valence-corrected chi connectivity index (χ3v) is 5.12. The van der Waals surface area contributed by atoms with Crippen molar-refractivity contribution in [1.82, 2.24) is 10.2 Å². The predicted octanol–water partition coefficient (Wildman–Crippen LogP) is 2.94. The summed E-state index contributed by atoms with van der Waals surface area (Å²) in [5.41, 5.74) is 2.37. The maximum absolute atomic E-state index is 5.45. The molecule has 2 aromatic carbocycles. The molecule has 1 saturated heterocycles. The Morgan fingerprint density at radius 1 is 1.03 bits per heavy atom. The Bertz CT molecular complexity index is 836. The second-order valence-electron chi connectivity index (χ2n) is 6.76. The minimum atomic E-state index is 0. The highest BCUT2D eigenvalue weighted by Crippen LogP contribution is 2.32. The molecule has 0 aromatic heterocycles. The Morgan fingerprint density at radius 3 is 2.45 bits per heavy atom. The number of benzene rings is 2. The summed E-state index contributed by atoms with van der Waals surface area (Å²) in [5, 5.41) is 3.46. The summed E-state index contributed by atoms with van der Waals surface area (Å²) in [6.07, 6.45) is 0. The largest absolute Gasteiger partial charge is 0.497 e. The van der Waals surface area contributed by atoms with Gasteiger partial charge in [-0.2, -0.15) is 0 Å². The molecule has 0 radical (unpaired) electrons. The fraction of sp³-hybridized carbons (Fsp3) is 0.381. The normalized spacial score (nSPS) is 15.7. The van der Waals surface area contributed by atoms with Crippen molar-refractivity contribution in [2.75, 3.05) is 52.0 Å². The number of anilines is 1. The van der Waals surface area contributed by atoms with E-state index in [1.165, 1.54) is 5.69 Å². The molecule has 7 nitrogen and oxygen atoms in total. The lowest BCUT2D eigenvalue weighted by molar-refractivity contribution is 0.174. The topological polar surface area (TPSA) is 58.6 Å². The van der Waals surface area contributed by atoms with E-state index in [0.717, 1.165) is 55.0 Å². The van der Waals surface area contributed by atoms with Gasteiger partial charge in [-0.3, -0.25) is 4.99 Å². The van der Waals surface area contributed by atoms with Crippen molar-refractivity contribution >= 4 is 35.6 Å². The molecule has 8 heteroatoms. The van der Waals surface area contributed by atoms with E-state index < -0.39 is 0 Å². The third-order valence-electron chi connectivity index (χ3n) is 5.12. The minimum absolute atomic E-state index is 0. The number of guanidine groups is 1. The van der Waals surface area contributed by atoms with Crippen LogP contribution in [0.5, 0.6) is 17.2 Å². The quantitative estimate of drug-likeness (QED) is 0.388. The molecular formula is C21H27IN4O3. The van der Waals surface area contributed by atoms with Crippen LogP contribution in [-0.4, -0.2) is 58.0 Å². The first kappa shape index (κ1) is 21.4. The van der Waals surface area contributed by atoms with Gasteiger partial charge in [-0.1, -0.05) is 6.07 Å². The van der Waals surface area contributed by atoms with Crippen molar-refractivity contribution in [3.8, 4) is 17.2 Å². The van der Waals surface area contributed by atoms with E-state index in [2.05, 4.69) is 38.3 Å². The van der Waals surface area contributed by atoms with E-state index in [1.807, 2.05) is 31.3 Å². The van der Waals surface area contributed by atoms with E-state index in [9.17, 15) is 0 Å². The van der Waals surface area contributed by atoms with Crippen LogP contribution >= 0.6 is 24.0 Å². The summed E-state index contributed by atoms with van der Waals surface area (Å²) in [6, 6.07) is 14.3. The summed E-state index contributed by atoms with van der Waals surface area (Å²) in [6.45, 7) is 4.75. The zero-order valence-corrected chi connectivity index (χ0v) is 19.1. The van der Waals surface area contributed by atoms with E-state index in [-0.39, 0.29) is 24.0 Å². The molecule has 2 aliphatic rings. The SMILES string of the molecule is CN=C(NCc1ccc2c(c1)OCO2)N1CCN(c2ccc(OC)cc2)CC1.I. The van der Waals surface area contributed by atoms with E-state index >= 15 is 0 Å². The molecular weight excluding hydrogens is 483 g/mol. The van der Waals surface area contributed by atoms with Crippen LogP contribution in [0, 0.1) is 0 Å². The Balaban J connectivity index is 0.00000240. The van der Waals surface area contributed by atoms with Crippen molar-refractivity contribution in [1.29, 1.82) is 0 Å². The number of halogens is 1. The van der Waals surface area contributed by atoms with Crippen molar-refractivity contribution in [3.63, 3.8) is 0 Å². The molecule has 0 unspecified atom stereocenters. The number of fused-ring (bicyclic) bond motifs is 1. The van der Waals surface area contributed by atoms with Crippen LogP contribution < -0.4 is 24.4 Å². The number of hydrogen-bond donors (Lipinski definition) is 1. The molecule has 0 aliphatic carbocycles. The summed E-state index contributed by atoms with van der Waals surface area (Å²) in [7, 11) is 3.52. The van der Waals surface area contributed by atoms with Crippen LogP contribution in [0.1, 0.15) is 5.56 Å². The van der Waals surface area contributed by atoms with E-state index in [4.69, 9.17) is 14.2 Å². The zero-order valence-electron chi connectivity index (χ0n) is 16.8. The first-order valence-electron chi connectivity index (χ1n) is 9.50. The van der Waals surface area contributed by atoms with Crippen LogP contribution in [0.15, 0.2) is 47.5 Å². The van der Waals surface area contributed by atoms with Gasteiger partial charge in [0.25, 0.3) is 0 Å². The molecule has 2 aromatic rings. The molecule has 0 amide bonds. The number of piperazine rings is 1. The van der Waals surface area contributed by atoms with Gasteiger partial charge in [-0.05, 0) is 42.0 Å². The Morgan fingerprint density at radius 2 is 1.76 bits per heavy atom. The highest BCUT2D eigenvalue weighted by molar-refractivity contribution is 14.0. The number of aliphatic imine (C=N–C) groups is 1. The molecule has 0 spiro atoms. The highest BCUT2D eigenvalue weighted by Gasteiger charge is 2.20. The van der Waals surface area contributed by atoms with E-state index in [1.54, 1.807) is 7.11 Å². The van der Waals surface area contributed by atoms with Crippen molar-refractivity contribution in [2.45, 2.75) is 6.54 Å². The lowest BCUT2D eigenvalue weighted by Gasteiger charge is -2.37. The number of nitrogens with zero attached hydrogens (tertiary/aromatic N) is 3. The van der Waals surface area contributed by atoms with Gasteiger partial charge in [-0.25, -0.2) is 0 Å². The fourth-order valence-electron chi connectivity index (χ4n) is 3.53. The second kappa shape index (κ2) is 9.91. The Labute approximate surface area is 188 Å². The average Bonchev–Trinajstić information content (AvgIpc) is 3.23. The molecule has 156 valence electrons. The molecule has 4 rings (SSSR count). The Kier molecular flexibility index (Phi) is 7.29. The van der Waals surface area contributed by atoms with Crippen molar-refractivity contribution in [2.24, 2.45) is 4.99 Å². The first-order chi connectivity index (χ1) is 13.8. The first-order valence-corrected chi connectivity index (χ1v) is 9.50.